The molecule has 2 saturated carbocycles. The van der Waals surface area contributed by atoms with Gasteiger partial charge < -0.3 is 0 Å². The van der Waals surface area contributed by atoms with Crippen LogP contribution in [0.2, 0.25) is 0 Å². The summed E-state index contributed by atoms with van der Waals surface area (Å²) in [5.41, 5.74) is 0. The first-order chi connectivity index (χ1) is 6.66. The van der Waals surface area contributed by atoms with Crippen LogP contribution in [0.5, 0.6) is 0 Å². The monoisotopic (exact) mass is 194 g/mol. The Hall–Kier alpha value is -0.330. The zero-order valence-corrected chi connectivity index (χ0v) is 9.46. The molecule has 1 nitrogen and oxygen atoms in total. The normalized spacial score (nSPS) is 33.8. The molecular formula is C13H22O. The highest BCUT2D eigenvalue weighted by Gasteiger charge is 2.34. The third-order valence-electron chi connectivity index (χ3n) is 4.06. The molecule has 0 bridgehead atoms. The van der Waals surface area contributed by atoms with Crippen LogP contribution in [0.4, 0.5) is 0 Å². The van der Waals surface area contributed by atoms with Crippen molar-refractivity contribution in [3.8, 4) is 0 Å². The van der Waals surface area contributed by atoms with Gasteiger partial charge >= 0.3 is 0 Å². The van der Waals surface area contributed by atoms with E-state index in [-0.39, 0.29) is 0 Å². The molecule has 2 unspecified atom stereocenters. The summed E-state index contributed by atoms with van der Waals surface area (Å²) in [6, 6.07) is 0. The Labute approximate surface area is 87.3 Å². The van der Waals surface area contributed by atoms with Crippen molar-refractivity contribution in [1.82, 2.24) is 0 Å². The van der Waals surface area contributed by atoms with Gasteiger partial charge in [0, 0.05) is 12.3 Å². The van der Waals surface area contributed by atoms with Crippen LogP contribution in [0, 0.1) is 23.7 Å². The Kier molecular flexibility index (Phi) is 2.94. The van der Waals surface area contributed by atoms with E-state index in [0.29, 0.717) is 11.7 Å². The Balaban J connectivity index is 1.88. The maximum Gasteiger partial charge on any atom is 0.136 e. The van der Waals surface area contributed by atoms with E-state index in [1.807, 2.05) is 0 Å². The first kappa shape index (κ1) is 10.2. The Morgan fingerprint density at radius 2 is 2.00 bits per heavy atom. The first-order valence-electron chi connectivity index (χ1n) is 6.19. The summed E-state index contributed by atoms with van der Waals surface area (Å²) < 4.78 is 0. The molecule has 80 valence electrons. The van der Waals surface area contributed by atoms with Crippen molar-refractivity contribution in [1.29, 1.82) is 0 Å². The summed E-state index contributed by atoms with van der Waals surface area (Å²) in [7, 11) is 0. The molecule has 2 fully saturated rings. The van der Waals surface area contributed by atoms with Gasteiger partial charge in [-0.25, -0.2) is 0 Å². The standard InChI is InChI=1S/C13H22O/c1-9(2)11-5-6-13(14)12(8-11)7-10-3-4-10/h9-12H,3-8H2,1-2H3. The average molecular weight is 194 g/mol. The van der Waals surface area contributed by atoms with Crippen LogP contribution in [0.1, 0.15) is 52.4 Å². The van der Waals surface area contributed by atoms with E-state index < -0.39 is 0 Å². The highest BCUT2D eigenvalue weighted by Crippen LogP contribution is 2.41. The lowest BCUT2D eigenvalue weighted by atomic mass is 9.74. The van der Waals surface area contributed by atoms with Crippen molar-refractivity contribution in [3.63, 3.8) is 0 Å². The Morgan fingerprint density at radius 3 is 2.57 bits per heavy atom. The zero-order chi connectivity index (χ0) is 10.1. The minimum atomic E-state index is 0.434. The second-order valence-corrected chi connectivity index (χ2v) is 5.62. The molecule has 2 atom stereocenters. The molecule has 0 aromatic heterocycles. The third-order valence-corrected chi connectivity index (χ3v) is 4.06. The lowest BCUT2D eigenvalue weighted by Gasteiger charge is -2.30. The first-order valence-corrected chi connectivity index (χ1v) is 6.19. The number of hydrogen-bond acceptors (Lipinski definition) is 1. The zero-order valence-electron chi connectivity index (χ0n) is 9.46. The number of hydrogen-bond donors (Lipinski definition) is 0. The van der Waals surface area contributed by atoms with E-state index in [9.17, 15) is 4.79 Å². The van der Waals surface area contributed by atoms with Crippen molar-refractivity contribution in [2.45, 2.75) is 52.4 Å². The SMILES string of the molecule is CC(C)C1CCC(=O)C(CC2CC2)C1. The number of ketones is 1. The van der Waals surface area contributed by atoms with Gasteiger partial charge in [0.1, 0.15) is 5.78 Å². The summed E-state index contributed by atoms with van der Waals surface area (Å²) in [4.78, 5) is 11.7. The van der Waals surface area contributed by atoms with Crippen LogP contribution in [0.3, 0.4) is 0 Å². The molecule has 0 saturated heterocycles. The van der Waals surface area contributed by atoms with Gasteiger partial charge in [0.05, 0.1) is 0 Å². The summed E-state index contributed by atoms with van der Waals surface area (Å²) in [5, 5.41) is 0. The summed E-state index contributed by atoms with van der Waals surface area (Å²) in [5.74, 6) is 3.49. The number of Topliss-reactive ketones (excluding diaryl/α,β-unsaturated/α-hetero) is 1. The van der Waals surface area contributed by atoms with Crippen LogP contribution in [-0.4, -0.2) is 5.78 Å². The fourth-order valence-corrected chi connectivity index (χ4v) is 2.74. The molecule has 2 aliphatic carbocycles. The van der Waals surface area contributed by atoms with E-state index in [4.69, 9.17) is 0 Å². The fraction of sp³-hybridized carbons (Fsp3) is 0.923. The molecular weight excluding hydrogens is 172 g/mol. The molecule has 0 aromatic carbocycles. The minimum Gasteiger partial charge on any atom is -0.299 e. The molecule has 2 rings (SSSR count). The molecule has 0 aliphatic heterocycles. The number of rotatable bonds is 3. The number of carbonyl (C=O) groups excluding carboxylic acids is 1. The lowest BCUT2D eigenvalue weighted by molar-refractivity contribution is -0.126. The summed E-state index contributed by atoms with van der Waals surface area (Å²) in [6.07, 6.45) is 7.18. The topological polar surface area (TPSA) is 17.1 Å². The van der Waals surface area contributed by atoms with E-state index in [1.54, 1.807) is 0 Å². The molecule has 0 heterocycles. The predicted octanol–water partition coefficient (Wildman–Crippen LogP) is 3.43. The molecule has 0 aromatic rings. The van der Waals surface area contributed by atoms with Gasteiger partial charge in [-0.15, -0.1) is 0 Å². The van der Waals surface area contributed by atoms with E-state index in [1.165, 1.54) is 25.7 Å². The average Bonchev–Trinajstić information content (AvgIpc) is 2.92. The van der Waals surface area contributed by atoms with Crippen LogP contribution in [0.15, 0.2) is 0 Å². The smallest absolute Gasteiger partial charge is 0.136 e. The Morgan fingerprint density at radius 1 is 1.29 bits per heavy atom. The van der Waals surface area contributed by atoms with Gasteiger partial charge in [0.2, 0.25) is 0 Å². The predicted molar refractivity (Wildman–Crippen MR) is 58.0 cm³/mol. The second-order valence-electron chi connectivity index (χ2n) is 5.62. The van der Waals surface area contributed by atoms with Gasteiger partial charge in [-0.05, 0) is 37.0 Å². The van der Waals surface area contributed by atoms with Gasteiger partial charge in [0.25, 0.3) is 0 Å². The maximum absolute atomic E-state index is 11.7. The quantitative estimate of drug-likeness (QED) is 0.672. The fourth-order valence-electron chi connectivity index (χ4n) is 2.74. The van der Waals surface area contributed by atoms with Gasteiger partial charge in [-0.3, -0.25) is 4.79 Å². The molecule has 0 radical (unpaired) electrons. The van der Waals surface area contributed by atoms with E-state index >= 15 is 0 Å². The van der Waals surface area contributed by atoms with Gasteiger partial charge in [0.15, 0.2) is 0 Å². The van der Waals surface area contributed by atoms with Crippen LogP contribution >= 0.6 is 0 Å². The van der Waals surface area contributed by atoms with Crippen molar-refractivity contribution in [3.05, 3.63) is 0 Å². The molecule has 14 heavy (non-hydrogen) atoms. The molecule has 0 spiro atoms. The highest BCUT2D eigenvalue weighted by atomic mass is 16.1. The molecule has 1 heteroatoms. The van der Waals surface area contributed by atoms with Crippen molar-refractivity contribution in [2.75, 3.05) is 0 Å². The van der Waals surface area contributed by atoms with Crippen LogP contribution < -0.4 is 0 Å². The van der Waals surface area contributed by atoms with Crippen molar-refractivity contribution < 1.29 is 4.79 Å². The minimum absolute atomic E-state index is 0.434. The largest absolute Gasteiger partial charge is 0.299 e. The second kappa shape index (κ2) is 4.04. The van der Waals surface area contributed by atoms with Crippen LogP contribution in [0.25, 0.3) is 0 Å². The molecule has 2 aliphatic rings. The highest BCUT2D eigenvalue weighted by molar-refractivity contribution is 5.81. The van der Waals surface area contributed by atoms with E-state index in [2.05, 4.69) is 13.8 Å². The van der Waals surface area contributed by atoms with Crippen LogP contribution in [-0.2, 0) is 4.79 Å². The van der Waals surface area contributed by atoms with Gasteiger partial charge in [-0.1, -0.05) is 26.7 Å². The molecule has 0 N–H and O–H groups in total. The maximum atomic E-state index is 11.7. The van der Waals surface area contributed by atoms with Gasteiger partial charge in [-0.2, -0.15) is 0 Å². The molecule has 0 amide bonds. The number of carbonyl (C=O) groups is 1. The summed E-state index contributed by atoms with van der Waals surface area (Å²) in [6.45, 7) is 4.60. The third kappa shape index (κ3) is 2.37. The Bertz CT molecular complexity index is 215. The lowest BCUT2D eigenvalue weighted by Crippen LogP contribution is -2.27. The van der Waals surface area contributed by atoms with E-state index in [0.717, 1.165) is 30.6 Å². The van der Waals surface area contributed by atoms with Crippen molar-refractivity contribution in [2.24, 2.45) is 23.7 Å². The van der Waals surface area contributed by atoms with Crippen molar-refractivity contribution >= 4 is 5.78 Å². The summed E-state index contributed by atoms with van der Waals surface area (Å²) >= 11 is 0.